The number of halogens is 2. The number of carboxylic acid groups (broad SMARTS) is 2. The molecule has 0 fully saturated rings. The van der Waals surface area contributed by atoms with Crippen LogP contribution >= 0.6 is 27.5 Å². The summed E-state index contributed by atoms with van der Waals surface area (Å²) in [6, 6.07) is 5.74. The van der Waals surface area contributed by atoms with Crippen molar-refractivity contribution in [2.24, 2.45) is 7.05 Å². The van der Waals surface area contributed by atoms with Crippen LogP contribution in [-0.2, 0) is 29.7 Å². The van der Waals surface area contributed by atoms with Gasteiger partial charge in [0.15, 0.2) is 22.5 Å². The first kappa shape index (κ1) is 25.8. The lowest BCUT2D eigenvalue weighted by Crippen LogP contribution is -2.38. The minimum atomic E-state index is -0.500. The third-order valence-electron chi connectivity index (χ3n) is 4.00. The van der Waals surface area contributed by atoms with E-state index >= 15 is 0 Å². The highest BCUT2D eigenvalue weighted by Crippen LogP contribution is 2.19. The number of hydrogen-bond donors (Lipinski definition) is 3. The minimum absolute atomic E-state index is 0.0906. The number of amides is 1. The van der Waals surface area contributed by atoms with E-state index in [9.17, 15) is 4.79 Å². The standard InChI is InChI=1S/C16H16BrClN6O.2CH2O2/c1-3-24-11-6-9(18)4-5-10(11)23(2)13(24)8-21-16(25)14-15(19)20-7-12(17)22-14;2*2-1-3/h4-7H,3,8H2,1-2H3,(H2-,19,20,21,25);2*1H,(H,2,3). The summed E-state index contributed by atoms with van der Waals surface area (Å²) in [5.41, 5.74) is 7.90. The highest BCUT2D eigenvalue weighted by molar-refractivity contribution is 9.10. The molecule has 4 N–H and O–H groups in total. The van der Waals surface area contributed by atoms with Gasteiger partial charge in [0, 0.05) is 17.6 Å². The Morgan fingerprint density at radius 3 is 2.65 bits per heavy atom. The van der Waals surface area contributed by atoms with Crippen LogP contribution in [0.15, 0.2) is 29.0 Å². The van der Waals surface area contributed by atoms with Crippen LogP contribution in [0.5, 0.6) is 0 Å². The van der Waals surface area contributed by atoms with Crippen LogP contribution in [0, 0.1) is 0 Å². The average Bonchev–Trinajstić information content (AvgIpc) is 2.99. The summed E-state index contributed by atoms with van der Waals surface area (Å²) in [5.74, 6) is 0.653. The molecule has 0 aliphatic carbocycles. The van der Waals surface area contributed by atoms with E-state index in [2.05, 4.69) is 35.8 Å². The second-order valence-corrected chi connectivity index (χ2v) is 6.91. The number of rotatable bonds is 4. The molecule has 11 nitrogen and oxygen atoms in total. The van der Waals surface area contributed by atoms with Gasteiger partial charge in [-0.15, -0.1) is 0 Å². The third kappa shape index (κ3) is 6.62. The predicted octanol–water partition coefficient (Wildman–Crippen LogP) is 0.271. The molecule has 2 heterocycles. The molecule has 0 bridgehead atoms. The molecule has 0 radical (unpaired) electrons. The normalized spacial score (nSPS) is 9.68. The highest BCUT2D eigenvalue weighted by atomic mass is 79.9. The second kappa shape index (κ2) is 12.4. The van der Waals surface area contributed by atoms with Crippen LogP contribution < -0.4 is 20.7 Å². The van der Waals surface area contributed by atoms with Crippen LogP contribution in [0.4, 0.5) is 5.82 Å². The second-order valence-electron chi connectivity index (χ2n) is 5.66. The van der Waals surface area contributed by atoms with Crippen molar-refractivity contribution in [2.75, 3.05) is 5.73 Å². The van der Waals surface area contributed by atoms with Gasteiger partial charge in [0.25, 0.3) is 18.2 Å². The molecule has 2 aromatic heterocycles. The number of carbonyl (C=O) groups is 3. The van der Waals surface area contributed by atoms with Crippen LogP contribution in [0.25, 0.3) is 11.0 Å². The van der Waals surface area contributed by atoms with Gasteiger partial charge < -0.3 is 26.1 Å². The smallest absolute Gasteiger partial charge is 0.290 e. The molecule has 1 amide bonds. The van der Waals surface area contributed by atoms with Crippen molar-refractivity contribution >= 4 is 63.2 Å². The van der Waals surface area contributed by atoms with Crippen molar-refractivity contribution in [1.29, 1.82) is 0 Å². The molecular weight excluding hydrogens is 496 g/mol. The quantitative estimate of drug-likeness (QED) is 0.329. The molecule has 0 unspecified atom stereocenters. The lowest BCUT2D eigenvalue weighted by Gasteiger charge is -2.06. The van der Waals surface area contributed by atoms with E-state index in [4.69, 9.17) is 37.1 Å². The Kier molecular flexibility index (Phi) is 10.4. The minimum Gasteiger partial charge on any atom is -0.554 e. The van der Waals surface area contributed by atoms with Crippen molar-refractivity contribution in [3.63, 3.8) is 0 Å². The van der Waals surface area contributed by atoms with Crippen molar-refractivity contribution in [2.45, 2.75) is 20.0 Å². The van der Waals surface area contributed by atoms with E-state index in [1.807, 2.05) is 36.7 Å². The van der Waals surface area contributed by atoms with Gasteiger partial charge in [0.1, 0.15) is 11.1 Å². The van der Waals surface area contributed by atoms with Crippen molar-refractivity contribution in [1.82, 2.24) is 19.9 Å². The van der Waals surface area contributed by atoms with Gasteiger partial charge in [-0.05, 0) is 35.0 Å². The molecular formula is C18H20BrClN6O5. The molecule has 0 aliphatic heterocycles. The largest absolute Gasteiger partial charge is 0.554 e. The van der Waals surface area contributed by atoms with Crippen LogP contribution in [0.2, 0.25) is 5.02 Å². The number of hydrogen-bond acceptors (Lipinski definition) is 7. The summed E-state index contributed by atoms with van der Waals surface area (Å²) >= 11 is 9.32. The van der Waals surface area contributed by atoms with Crippen molar-refractivity contribution in [3.8, 4) is 0 Å². The lowest BCUT2D eigenvalue weighted by atomic mass is 10.3. The molecule has 3 rings (SSSR count). The number of nitrogens with zero attached hydrogens (tertiary/aromatic N) is 4. The van der Waals surface area contributed by atoms with E-state index in [1.54, 1.807) is 0 Å². The maximum atomic E-state index is 12.4. The first-order valence-electron chi connectivity index (χ1n) is 8.61. The fourth-order valence-electron chi connectivity index (χ4n) is 2.81. The predicted molar refractivity (Wildman–Crippen MR) is 114 cm³/mol. The van der Waals surface area contributed by atoms with E-state index in [0.29, 0.717) is 16.2 Å². The first-order valence-corrected chi connectivity index (χ1v) is 9.78. The Labute approximate surface area is 190 Å². The molecule has 3 aromatic rings. The number of imidazole rings is 1. The molecule has 166 valence electrons. The van der Waals surface area contributed by atoms with Gasteiger partial charge in [-0.1, -0.05) is 11.6 Å². The lowest BCUT2D eigenvalue weighted by molar-refractivity contribution is -0.654. The van der Waals surface area contributed by atoms with Crippen LogP contribution in [0.1, 0.15) is 23.2 Å². The number of nitrogens with two attached hydrogens (primary N) is 1. The fourth-order valence-corrected chi connectivity index (χ4v) is 3.26. The van der Waals surface area contributed by atoms with E-state index in [1.165, 1.54) is 6.20 Å². The van der Waals surface area contributed by atoms with Crippen molar-refractivity contribution < 1.29 is 29.2 Å². The molecule has 0 saturated carbocycles. The molecule has 0 atom stereocenters. The number of anilines is 1. The number of benzene rings is 1. The summed E-state index contributed by atoms with van der Waals surface area (Å²) in [7, 11) is 1.96. The van der Waals surface area contributed by atoms with Gasteiger partial charge in [-0.25, -0.2) is 19.1 Å². The number of nitrogen functional groups attached to an aromatic ring is 1. The average molecular weight is 516 g/mol. The Bertz CT molecular complexity index is 1070. The topological polar surface area (TPSA) is 167 Å². The third-order valence-corrected chi connectivity index (χ3v) is 4.62. The zero-order chi connectivity index (χ0) is 23.6. The number of carbonyl (C=O) groups excluding carboxylic acids is 2. The number of nitrogens with one attached hydrogen (secondary N) is 1. The maximum absolute atomic E-state index is 12.4. The van der Waals surface area contributed by atoms with Crippen LogP contribution in [-0.4, -0.2) is 38.5 Å². The Hall–Kier alpha value is -3.25. The Balaban J connectivity index is 0.000000720. The summed E-state index contributed by atoms with van der Waals surface area (Å²) in [4.78, 5) is 37.1. The summed E-state index contributed by atoms with van der Waals surface area (Å²) < 4.78 is 4.60. The molecule has 0 spiro atoms. The summed E-state index contributed by atoms with van der Waals surface area (Å²) in [5, 5.41) is 18.7. The molecule has 0 saturated heterocycles. The molecule has 0 aliphatic rings. The van der Waals surface area contributed by atoms with E-state index in [0.717, 1.165) is 23.4 Å². The van der Waals surface area contributed by atoms with Gasteiger partial charge >= 0.3 is 0 Å². The van der Waals surface area contributed by atoms with E-state index in [-0.39, 0.29) is 23.9 Å². The molecule has 31 heavy (non-hydrogen) atoms. The Morgan fingerprint density at radius 2 is 2.06 bits per heavy atom. The number of aromatic nitrogens is 4. The summed E-state index contributed by atoms with van der Waals surface area (Å²) in [6.45, 7) is 2.37. The zero-order valence-electron chi connectivity index (χ0n) is 16.6. The van der Waals surface area contributed by atoms with Crippen molar-refractivity contribution in [3.05, 3.63) is 45.5 Å². The first-order chi connectivity index (χ1) is 14.7. The fraction of sp³-hybridized carbons (Fsp3) is 0.222. The van der Waals surface area contributed by atoms with Gasteiger partial charge in [0.2, 0.25) is 0 Å². The number of fused-ring (bicyclic) bond motifs is 1. The van der Waals surface area contributed by atoms with Gasteiger partial charge in [-0.3, -0.25) is 9.59 Å². The van der Waals surface area contributed by atoms with Crippen LogP contribution in [0.3, 0.4) is 0 Å². The van der Waals surface area contributed by atoms with Gasteiger partial charge in [0.05, 0.1) is 19.8 Å². The number of aryl methyl sites for hydroxylation is 2. The van der Waals surface area contributed by atoms with E-state index < -0.39 is 6.47 Å². The molecule has 13 heteroatoms. The van der Waals surface area contributed by atoms with Gasteiger partial charge in [-0.2, -0.15) is 0 Å². The summed E-state index contributed by atoms with van der Waals surface area (Å²) in [6.07, 6.45) is 1.45. The monoisotopic (exact) mass is 514 g/mol. The zero-order valence-corrected chi connectivity index (χ0v) is 18.9. The molecule has 1 aromatic carbocycles. The highest BCUT2D eigenvalue weighted by Gasteiger charge is 2.23. The SMILES string of the molecule is CCn1c(CNC(=O)c2nc(Br)cnc2N)[n+](C)c2ccc(Cl)cc21.O=CO.O=C[O-]. The Morgan fingerprint density at radius 1 is 1.45 bits per heavy atom. The maximum Gasteiger partial charge on any atom is 0.290 e.